The SMILES string of the molecule is CCCc1noc([C@H](C)Sc2nnc(SCC)s2)n1. The summed E-state index contributed by atoms with van der Waals surface area (Å²) in [6.07, 6.45) is 1.88. The molecule has 0 amide bonds. The van der Waals surface area contributed by atoms with Gasteiger partial charge >= 0.3 is 0 Å². The molecule has 0 unspecified atom stereocenters. The minimum Gasteiger partial charge on any atom is -0.338 e. The minimum absolute atomic E-state index is 0.102. The Morgan fingerprint density at radius 1 is 1.26 bits per heavy atom. The van der Waals surface area contributed by atoms with Crippen LogP contribution in [0.1, 0.15) is 44.2 Å². The number of nitrogens with zero attached hydrogens (tertiary/aromatic N) is 4. The van der Waals surface area contributed by atoms with Crippen LogP contribution in [0.25, 0.3) is 0 Å². The van der Waals surface area contributed by atoms with E-state index in [-0.39, 0.29) is 5.25 Å². The van der Waals surface area contributed by atoms with Crippen molar-refractivity contribution in [1.29, 1.82) is 0 Å². The van der Waals surface area contributed by atoms with Crippen LogP contribution in [0.2, 0.25) is 0 Å². The number of hydrogen-bond donors (Lipinski definition) is 0. The number of aryl methyl sites for hydroxylation is 1. The van der Waals surface area contributed by atoms with Gasteiger partial charge in [-0.05, 0) is 19.1 Å². The first-order valence-corrected chi connectivity index (χ1v) is 8.86. The van der Waals surface area contributed by atoms with Crippen molar-refractivity contribution in [2.45, 2.75) is 47.5 Å². The topological polar surface area (TPSA) is 64.7 Å². The van der Waals surface area contributed by atoms with E-state index in [4.69, 9.17) is 4.52 Å². The largest absolute Gasteiger partial charge is 0.338 e. The zero-order chi connectivity index (χ0) is 13.7. The fourth-order valence-electron chi connectivity index (χ4n) is 1.39. The standard InChI is InChI=1S/C11H16N4OS3/c1-4-6-8-12-9(16-15-8)7(3)18-11-14-13-10(19-11)17-5-2/h7H,4-6H2,1-3H3/t7-/m0/s1. The van der Waals surface area contributed by atoms with Gasteiger partial charge in [0.05, 0.1) is 5.25 Å². The molecule has 2 heterocycles. The van der Waals surface area contributed by atoms with E-state index in [0.29, 0.717) is 5.89 Å². The van der Waals surface area contributed by atoms with Crippen LogP contribution in [0.5, 0.6) is 0 Å². The van der Waals surface area contributed by atoms with Gasteiger partial charge in [-0.2, -0.15) is 4.98 Å². The third-order valence-corrected chi connectivity index (χ3v) is 5.35. The summed E-state index contributed by atoms with van der Waals surface area (Å²) in [7, 11) is 0. The Hall–Kier alpha value is -0.600. The zero-order valence-corrected chi connectivity index (χ0v) is 13.6. The second kappa shape index (κ2) is 7.25. The lowest BCUT2D eigenvalue weighted by molar-refractivity contribution is 0.374. The predicted octanol–water partition coefficient (Wildman–Crippen LogP) is 3.84. The molecule has 2 aromatic rings. The van der Waals surface area contributed by atoms with Crippen molar-refractivity contribution in [3.63, 3.8) is 0 Å². The van der Waals surface area contributed by atoms with E-state index in [1.54, 1.807) is 34.9 Å². The molecule has 0 bridgehead atoms. The molecule has 0 spiro atoms. The second-order valence-electron chi connectivity index (χ2n) is 3.83. The van der Waals surface area contributed by atoms with E-state index in [2.05, 4.69) is 34.2 Å². The first-order valence-electron chi connectivity index (χ1n) is 6.18. The van der Waals surface area contributed by atoms with E-state index in [0.717, 1.165) is 33.1 Å². The molecule has 0 aliphatic carbocycles. The quantitative estimate of drug-likeness (QED) is 0.719. The maximum atomic E-state index is 5.27. The van der Waals surface area contributed by atoms with Gasteiger partial charge in [0, 0.05) is 6.42 Å². The Morgan fingerprint density at radius 2 is 2.05 bits per heavy atom. The van der Waals surface area contributed by atoms with Crippen molar-refractivity contribution in [2.24, 2.45) is 0 Å². The van der Waals surface area contributed by atoms with Gasteiger partial charge in [0.2, 0.25) is 5.89 Å². The summed E-state index contributed by atoms with van der Waals surface area (Å²) in [6, 6.07) is 0. The molecule has 0 aliphatic rings. The molecule has 0 N–H and O–H groups in total. The first kappa shape index (κ1) is 14.8. The Kier molecular flexibility index (Phi) is 5.65. The summed E-state index contributed by atoms with van der Waals surface area (Å²) in [5, 5.41) is 12.4. The molecule has 0 aliphatic heterocycles. The van der Waals surface area contributed by atoms with E-state index in [9.17, 15) is 0 Å². The van der Waals surface area contributed by atoms with Gasteiger partial charge in [-0.25, -0.2) is 0 Å². The van der Waals surface area contributed by atoms with Crippen LogP contribution in [-0.2, 0) is 6.42 Å². The minimum atomic E-state index is 0.102. The van der Waals surface area contributed by atoms with E-state index in [1.165, 1.54) is 0 Å². The van der Waals surface area contributed by atoms with Crippen LogP contribution in [0.4, 0.5) is 0 Å². The smallest absolute Gasteiger partial charge is 0.239 e. The van der Waals surface area contributed by atoms with Gasteiger partial charge in [-0.15, -0.1) is 10.2 Å². The lowest BCUT2D eigenvalue weighted by atomic mass is 10.3. The molecule has 0 saturated heterocycles. The molecule has 2 aromatic heterocycles. The lowest BCUT2D eigenvalue weighted by Crippen LogP contribution is -1.90. The average molecular weight is 316 g/mol. The number of rotatable bonds is 7. The fraction of sp³-hybridized carbons (Fsp3) is 0.636. The normalized spacial score (nSPS) is 12.8. The van der Waals surface area contributed by atoms with Crippen molar-refractivity contribution in [1.82, 2.24) is 20.3 Å². The Labute approximate surface area is 125 Å². The van der Waals surface area contributed by atoms with Crippen LogP contribution in [-0.4, -0.2) is 26.1 Å². The van der Waals surface area contributed by atoms with Crippen molar-refractivity contribution in [3.05, 3.63) is 11.7 Å². The number of aromatic nitrogens is 4. The maximum absolute atomic E-state index is 5.27. The van der Waals surface area contributed by atoms with Gasteiger partial charge in [0.15, 0.2) is 14.5 Å². The summed E-state index contributed by atoms with van der Waals surface area (Å²) < 4.78 is 7.23. The van der Waals surface area contributed by atoms with E-state index >= 15 is 0 Å². The zero-order valence-electron chi connectivity index (χ0n) is 11.1. The third-order valence-electron chi connectivity index (χ3n) is 2.24. The molecule has 8 heteroatoms. The Bertz CT molecular complexity index is 514. The number of hydrogen-bond acceptors (Lipinski definition) is 8. The molecule has 2 rings (SSSR count). The molecule has 0 fully saturated rings. The molecule has 1 atom stereocenters. The monoisotopic (exact) mass is 316 g/mol. The van der Waals surface area contributed by atoms with Gasteiger partial charge in [0.25, 0.3) is 0 Å². The summed E-state index contributed by atoms with van der Waals surface area (Å²) in [6.45, 7) is 6.25. The molecule has 0 radical (unpaired) electrons. The predicted molar refractivity (Wildman–Crippen MR) is 78.9 cm³/mol. The van der Waals surface area contributed by atoms with Crippen LogP contribution in [0, 0.1) is 0 Å². The molecular formula is C11H16N4OS3. The van der Waals surface area contributed by atoms with E-state index in [1.807, 2.05) is 6.92 Å². The van der Waals surface area contributed by atoms with Crippen LogP contribution >= 0.6 is 34.9 Å². The highest BCUT2D eigenvalue weighted by Gasteiger charge is 2.17. The summed E-state index contributed by atoms with van der Waals surface area (Å²) in [5.74, 6) is 2.46. The van der Waals surface area contributed by atoms with Gasteiger partial charge in [-0.3, -0.25) is 0 Å². The second-order valence-corrected chi connectivity index (χ2v) is 7.90. The number of thioether (sulfide) groups is 2. The van der Waals surface area contributed by atoms with Crippen LogP contribution in [0.3, 0.4) is 0 Å². The summed E-state index contributed by atoms with van der Waals surface area (Å²) >= 11 is 4.93. The maximum Gasteiger partial charge on any atom is 0.239 e. The summed E-state index contributed by atoms with van der Waals surface area (Å²) in [5.41, 5.74) is 0. The van der Waals surface area contributed by atoms with Crippen molar-refractivity contribution >= 4 is 34.9 Å². The highest BCUT2D eigenvalue weighted by Crippen LogP contribution is 2.37. The highest BCUT2D eigenvalue weighted by molar-refractivity contribution is 8.03. The lowest BCUT2D eigenvalue weighted by Gasteiger charge is -2.01. The molecule has 0 aromatic carbocycles. The molecule has 0 saturated carbocycles. The molecule has 19 heavy (non-hydrogen) atoms. The van der Waals surface area contributed by atoms with Crippen LogP contribution in [0.15, 0.2) is 13.2 Å². The van der Waals surface area contributed by atoms with Gasteiger partial charge < -0.3 is 4.52 Å². The van der Waals surface area contributed by atoms with E-state index < -0.39 is 0 Å². The molecule has 104 valence electrons. The Balaban J connectivity index is 1.96. The molecular weight excluding hydrogens is 300 g/mol. The first-order chi connectivity index (χ1) is 9.22. The van der Waals surface area contributed by atoms with Crippen LogP contribution < -0.4 is 0 Å². The van der Waals surface area contributed by atoms with Crippen molar-refractivity contribution in [3.8, 4) is 0 Å². The Morgan fingerprint density at radius 3 is 2.79 bits per heavy atom. The summed E-state index contributed by atoms with van der Waals surface area (Å²) in [4.78, 5) is 4.39. The van der Waals surface area contributed by atoms with Gasteiger partial charge in [-0.1, -0.05) is 53.9 Å². The van der Waals surface area contributed by atoms with Gasteiger partial charge in [0.1, 0.15) is 0 Å². The highest BCUT2D eigenvalue weighted by atomic mass is 32.2. The molecule has 5 nitrogen and oxygen atoms in total. The van der Waals surface area contributed by atoms with Crippen molar-refractivity contribution in [2.75, 3.05) is 5.75 Å². The third kappa shape index (κ3) is 4.19. The average Bonchev–Trinajstić information content (AvgIpc) is 3.00. The fourth-order valence-corrected chi connectivity index (χ4v) is 4.48. The van der Waals surface area contributed by atoms with Crippen molar-refractivity contribution < 1.29 is 4.52 Å².